The lowest BCUT2D eigenvalue weighted by Crippen LogP contribution is -2.24. The first kappa shape index (κ1) is 21.1. The first-order valence-corrected chi connectivity index (χ1v) is 10.3. The van der Waals surface area contributed by atoms with Crippen molar-refractivity contribution in [3.05, 3.63) is 29.8 Å². The maximum Gasteiger partial charge on any atom is 0.115 e. The Labute approximate surface area is 150 Å². The third-order valence-corrected chi connectivity index (χ3v) is 5.82. The van der Waals surface area contributed by atoms with Crippen LogP contribution in [0.25, 0.3) is 0 Å². The van der Waals surface area contributed by atoms with E-state index in [1.165, 1.54) is 31.2 Å². The minimum Gasteiger partial charge on any atom is -0.508 e. The molecule has 138 valence electrons. The zero-order valence-corrected chi connectivity index (χ0v) is 16.7. The molecular formula is C23H40O. The lowest BCUT2D eigenvalue weighted by molar-refractivity contribution is 0.155. The van der Waals surface area contributed by atoms with Gasteiger partial charge in [0.05, 0.1) is 0 Å². The van der Waals surface area contributed by atoms with Crippen molar-refractivity contribution in [2.45, 2.75) is 86.0 Å². The van der Waals surface area contributed by atoms with Crippen molar-refractivity contribution in [3.8, 4) is 5.75 Å². The monoisotopic (exact) mass is 332 g/mol. The van der Waals surface area contributed by atoms with Gasteiger partial charge >= 0.3 is 0 Å². The van der Waals surface area contributed by atoms with Gasteiger partial charge in [-0.3, -0.25) is 0 Å². The molecule has 1 aromatic rings. The minimum atomic E-state index is 0.329. The number of benzene rings is 1. The third-order valence-electron chi connectivity index (χ3n) is 5.82. The number of phenolic OH excluding ortho intramolecular Hbond substituents is 1. The smallest absolute Gasteiger partial charge is 0.115 e. The van der Waals surface area contributed by atoms with Crippen molar-refractivity contribution >= 4 is 0 Å². The van der Waals surface area contributed by atoms with Crippen LogP contribution in [0, 0.1) is 30.6 Å². The highest BCUT2D eigenvalue weighted by Crippen LogP contribution is 2.40. The molecule has 2 aliphatic carbocycles. The average Bonchev–Trinajstić information content (AvgIpc) is 2.61. The SMILES string of the molecule is CC.CC1CCC(C2CCC(C)CC2)CC1.Cc1ccc(O)cc1. The van der Waals surface area contributed by atoms with Gasteiger partial charge in [-0.15, -0.1) is 0 Å². The molecule has 0 atom stereocenters. The summed E-state index contributed by atoms with van der Waals surface area (Å²) in [6.45, 7) is 10.8. The predicted molar refractivity (Wildman–Crippen MR) is 106 cm³/mol. The van der Waals surface area contributed by atoms with E-state index in [0.29, 0.717) is 5.75 Å². The van der Waals surface area contributed by atoms with Gasteiger partial charge in [-0.2, -0.15) is 0 Å². The molecule has 1 heteroatoms. The van der Waals surface area contributed by atoms with Crippen molar-refractivity contribution in [2.75, 3.05) is 0 Å². The lowest BCUT2D eigenvalue weighted by Gasteiger charge is -2.36. The summed E-state index contributed by atoms with van der Waals surface area (Å²) in [5.41, 5.74) is 1.17. The topological polar surface area (TPSA) is 20.2 Å². The molecule has 0 aliphatic heterocycles. The third kappa shape index (κ3) is 7.73. The molecule has 0 radical (unpaired) electrons. The fourth-order valence-electron chi connectivity index (χ4n) is 4.06. The molecule has 0 bridgehead atoms. The molecule has 0 unspecified atom stereocenters. The summed E-state index contributed by atoms with van der Waals surface area (Å²) < 4.78 is 0. The molecule has 0 spiro atoms. The second-order valence-electron chi connectivity index (χ2n) is 7.88. The van der Waals surface area contributed by atoms with Crippen LogP contribution >= 0.6 is 0 Å². The van der Waals surface area contributed by atoms with Crippen LogP contribution in [0.3, 0.4) is 0 Å². The van der Waals surface area contributed by atoms with E-state index in [0.717, 1.165) is 23.7 Å². The highest BCUT2D eigenvalue weighted by atomic mass is 16.3. The summed E-state index contributed by atoms with van der Waals surface area (Å²) in [5.74, 6) is 4.59. The van der Waals surface area contributed by atoms with E-state index in [9.17, 15) is 0 Å². The first-order valence-electron chi connectivity index (χ1n) is 10.3. The molecule has 1 nitrogen and oxygen atoms in total. The van der Waals surface area contributed by atoms with E-state index in [4.69, 9.17) is 5.11 Å². The standard InChI is InChI=1S/C14H26.C7H8O.C2H6/c1-11-3-7-13(8-4-11)14-9-5-12(2)6-10-14;1-6-2-4-7(8)5-3-6;1-2/h11-14H,3-10H2,1-2H3;2-5,8H,1H3;1-2H3. The van der Waals surface area contributed by atoms with E-state index in [1.807, 2.05) is 32.9 Å². The van der Waals surface area contributed by atoms with E-state index < -0.39 is 0 Å². The van der Waals surface area contributed by atoms with Gasteiger partial charge in [0.2, 0.25) is 0 Å². The maximum absolute atomic E-state index is 8.76. The molecule has 0 amide bonds. The Balaban J connectivity index is 0.000000245. The number of phenols is 1. The molecule has 0 saturated heterocycles. The summed E-state index contributed by atoms with van der Waals surface area (Å²) >= 11 is 0. The van der Waals surface area contributed by atoms with Crippen LogP contribution in [0.2, 0.25) is 0 Å². The van der Waals surface area contributed by atoms with Gasteiger partial charge in [0.15, 0.2) is 0 Å². The fraction of sp³-hybridized carbons (Fsp3) is 0.739. The normalized spacial score (nSPS) is 29.5. The molecule has 0 aromatic heterocycles. The van der Waals surface area contributed by atoms with Crippen LogP contribution < -0.4 is 0 Å². The zero-order valence-electron chi connectivity index (χ0n) is 16.7. The van der Waals surface area contributed by atoms with Gasteiger partial charge in [-0.05, 0) is 68.4 Å². The Morgan fingerprint density at radius 2 is 1.00 bits per heavy atom. The molecule has 2 fully saturated rings. The van der Waals surface area contributed by atoms with E-state index in [1.54, 1.807) is 37.8 Å². The summed E-state index contributed by atoms with van der Waals surface area (Å²) in [4.78, 5) is 0. The number of hydrogen-bond acceptors (Lipinski definition) is 1. The zero-order chi connectivity index (χ0) is 17.9. The fourth-order valence-corrected chi connectivity index (χ4v) is 4.06. The number of aromatic hydroxyl groups is 1. The van der Waals surface area contributed by atoms with Crippen LogP contribution in [0.1, 0.15) is 84.6 Å². The predicted octanol–water partition coefficient (Wildman–Crippen LogP) is 7.37. The molecular weight excluding hydrogens is 292 g/mol. The second kappa shape index (κ2) is 11.6. The van der Waals surface area contributed by atoms with E-state index in [2.05, 4.69) is 13.8 Å². The van der Waals surface area contributed by atoms with Gasteiger partial charge in [0.25, 0.3) is 0 Å². The van der Waals surface area contributed by atoms with Gasteiger partial charge in [-0.1, -0.05) is 71.1 Å². The Hall–Kier alpha value is -0.980. The maximum atomic E-state index is 8.76. The Morgan fingerprint density at radius 1 is 0.667 bits per heavy atom. The highest BCUT2D eigenvalue weighted by Gasteiger charge is 2.28. The van der Waals surface area contributed by atoms with Gasteiger partial charge < -0.3 is 5.11 Å². The highest BCUT2D eigenvalue weighted by molar-refractivity contribution is 5.24. The van der Waals surface area contributed by atoms with Gasteiger partial charge in [-0.25, -0.2) is 0 Å². The van der Waals surface area contributed by atoms with Crippen molar-refractivity contribution < 1.29 is 5.11 Å². The summed E-state index contributed by atoms with van der Waals surface area (Å²) in [6.07, 6.45) is 12.2. The Bertz CT molecular complexity index is 365. The van der Waals surface area contributed by atoms with Crippen LogP contribution in [-0.2, 0) is 0 Å². The second-order valence-corrected chi connectivity index (χ2v) is 7.88. The summed E-state index contributed by atoms with van der Waals surface area (Å²) in [5, 5.41) is 8.76. The average molecular weight is 333 g/mol. The van der Waals surface area contributed by atoms with Crippen LogP contribution in [0.5, 0.6) is 5.75 Å². The number of hydrogen-bond donors (Lipinski definition) is 1. The van der Waals surface area contributed by atoms with Crippen LogP contribution in [0.15, 0.2) is 24.3 Å². The molecule has 2 aliphatic rings. The first-order chi connectivity index (χ1) is 11.5. The summed E-state index contributed by atoms with van der Waals surface area (Å²) in [6, 6.07) is 7.09. The molecule has 1 aromatic carbocycles. The Kier molecular flexibility index (Phi) is 10.1. The quantitative estimate of drug-likeness (QED) is 0.569. The number of rotatable bonds is 1. The van der Waals surface area contributed by atoms with Crippen molar-refractivity contribution in [3.63, 3.8) is 0 Å². The van der Waals surface area contributed by atoms with Gasteiger partial charge in [0, 0.05) is 0 Å². The van der Waals surface area contributed by atoms with Crippen molar-refractivity contribution in [1.82, 2.24) is 0 Å². The molecule has 3 rings (SSSR count). The Morgan fingerprint density at radius 3 is 1.29 bits per heavy atom. The molecule has 0 heterocycles. The van der Waals surface area contributed by atoms with Crippen LogP contribution in [0.4, 0.5) is 0 Å². The van der Waals surface area contributed by atoms with E-state index in [-0.39, 0.29) is 0 Å². The van der Waals surface area contributed by atoms with E-state index >= 15 is 0 Å². The van der Waals surface area contributed by atoms with Crippen molar-refractivity contribution in [1.29, 1.82) is 0 Å². The van der Waals surface area contributed by atoms with Crippen molar-refractivity contribution in [2.24, 2.45) is 23.7 Å². The van der Waals surface area contributed by atoms with Crippen LogP contribution in [-0.4, -0.2) is 5.11 Å². The largest absolute Gasteiger partial charge is 0.508 e. The molecule has 2 saturated carbocycles. The van der Waals surface area contributed by atoms with Gasteiger partial charge in [0.1, 0.15) is 5.75 Å². The number of aryl methyl sites for hydroxylation is 1. The molecule has 24 heavy (non-hydrogen) atoms. The lowest BCUT2D eigenvalue weighted by atomic mass is 9.70. The molecule has 1 N–H and O–H groups in total. The summed E-state index contributed by atoms with van der Waals surface area (Å²) in [7, 11) is 0. The minimum absolute atomic E-state index is 0.329.